The summed E-state index contributed by atoms with van der Waals surface area (Å²) in [5, 5.41) is 0.0472. The van der Waals surface area contributed by atoms with Crippen molar-refractivity contribution in [1.82, 2.24) is 9.80 Å². The van der Waals surface area contributed by atoms with Gasteiger partial charge in [0.15, 0.2) is 10.9 Å². The zero-order chi connectivity index (χ0) is 24.0. The Kier molecular flexibility index (Phi) is 13.5. The normalized spacial score (nSPS) is 20.0. The van der Waals surface area contributed by atoms with E-state index in [0.717, 1.165) is 18.4 Å². The van der Waals surface area contributed by atoms with Crippen LogP contribution in [0.15, 0.2) is 35.9 Å². The molecular weight excluding hydrogens is 514 g/mol. The molecule has 0 aromatic heterocycles. The molecule has 2 atom stereocenters. The maximum Gasteiger partial charge on any atom is 0.320 e. The van der Waals surface area contributed by atoms with Gasteiger partial charge in [0.05, 0.1) is 19.2 Å². The van der Waals surface area contributed by atoms with Crippen molar-refractivity contribution in [1.29, 1.82) is 0 Å². The summed E-state index contributed by atoms with van der Waals surface area (Å²) in [7, 11) is 1.83. The molecular formula is C25H35Cl2FN2O4S. The van der Waals surface area contributed by atoms with Crippen molar-refractivity contribution in [2.24, 2.45) is 5.92 Å². The number of halogens is 3. The molecule has 0 N–H and O–H groups in total. The van der Waals surface area contributed by atoms with Crippen molar-refractivity contribution in [3.8, 4) is 0 Å². The molecule has 1 aromatic rings. The highest BCUT2D eigenvalue weighted by Crippen LogP contribution is 2.40. The van der Waals surface area contributed by atoms with Gasteiger partial charge in [-0.05, 0) is 44.9 Å². The van der Waals surface area contributed by atoms with E-state index in [1.807, 2.05) is 22.9 Å². The van der Waals surface area contributed by atoms with Crippen molar-refractivity contribution in [2.45, 2.75) is 44.4 Å². The fourth-order valence-electron chi connectivity index (χ4n) is 4.22. The van der Waals surface area contributed by atoms with E-state index >= 15 is 0 Å². The molecule has 1 saturated carbocycles. The Bertz CT molecular complexity index is 913. The predicted octanol–water partition coefficient (Wildman–Crippen LogP) is 4.46. The minimum absolute atomic E-state index is 0. The number of esters is 1. The smallest absolute Gasteiger partial charge is 0.320 e. The highest BCUT2D eigenvalue weighted by atomic mass is 35.5. The summed E-state index contributed by atoms with van der Waals surface area (Å²) in [5.74, 6) is -0.567. The van der Waals surface area contributed by atoms with Gasteiger partial charge in [-0.3, -0.25) is 24.2 Å². The van der Waals surface area contributed by atoms with E-state index in [1.165, 1.54) is 17.8 Å². The van der Waals surface area contributed by atoms with Crippen LogP contribution in [0.1, 0.15) is 44.7 Å². The first kappa shape index (κ1) is 31.6. The monoisotopic (exact) mass is 548 g/mol. The van der Waals surface area contributed by atoms with Crippen LogP contribution in [0.25, 0.3) is 0 Å². The molecule has 196 valence electrons. The molecule has 10 heteroatoms. The number of carbonyl (C=O) groups excluding carboxylic acids is 3. The average molecular weight is 550 g/mol. The van der Waals surface area contributed by atoms with E-state index < -0.39 is 6.04 Å². The Morgan fingerprint density at radius 3 is 2.51 bits per heavy atom. The SMILES string of the molecule is CCOC(=O)CN(C)C/C=C1\CN(C(C(=O)C2CC2)c2ccccc2F)CCC1SC(C)=O.Cl.Cl. The number of ketones is 1. The lowest BCUT2D eigenvalue weighted by molar-refractivity contribution is -0.144. The van der Waals surface area contributed by atoms with E-state index in [4.69, 9.17) is 4.74 Å². The molecule has 1 aliphatic carbocycles. The number of likely N-dealkylation sites (N-methyl/N-ethyl adjacent to an activating group) is 1. The van der Waals surface area contributed by atoms with Crippen LogP contribution in [0.4, 0.5) is 4.39 Å². The number of carbonyl (C=O) groups is 3. The number of Topliss-reactive ketones (excluding diaryl/α,β-unsaturated/α-hetero) is 1. The lowest BCUT2D eigenvalue weighted by Gasteiger charge is -2.38. The maximum absolute atomic E-state index is 14.7. The van der Waals surface area contributed by atoms with Crippen LogP contribution in [0, 0.1) is 11.7 Å². The molecule has 0 amide bonds. The molecule has 1 saturated heterocycles. The summed E-state index contributed by atoms with van der Waals surface area (Å²) in [4.78, 5) is 40.7. The van der Waals surface area contributed by atoms with Crippen LogP contribution in [0.2, 0.25) is 0 Å². The molecule has 35 heavy (non-hydrogen) atoms. The van der Waals surface area contributed by atoms with Crippen LogP contribution >= 0.6 is 36.6 Å². The van der Waals surface area contributed by atoms with Crippen molar-refractivity contribution in [2.75, 3.05) is 39.8 Å². The Morgan fingerprint density at radius 1 is 1.23 bits per heavy atom. The van der Waals surface area contributed by atoms with Gasteiger partial charge in [-0.1, -0.05) is 36.0 Å². The summed E-state index contributed by atoms with van der Waals surface area (Å²) in [6.07, 6.45) is 4.45. The van der Waals surface area contributed by atoms with Gasteiger partial charge in [0, 0.05) is 43.3 Å². The fourth-order valence-corrected chi connectivity index (χ4v) is 5.16. The van der Waals surface area contributed by atoms with E-state index in [0.29, 0.717) is 38.2 Å². The number of ether oxygens (including phenoxy) is 1. The largest absolute Gasteiger partial charge is 0.465 e. The summed E-state index contributed by atoms with van der Waals surface area (Å²) < 4.78 is 19.7. The van der Waals surface area contributed by atoms with Gasteiger partial charge in [-0.2, -0.15) is 0 Å². The number of nitrogens with zero attached hydrogens (tertiary/aromatic N) is 2. The molecule has 6 nitrogen and oxygen atoms in total. The van der Waals surface area contributed by atoms with Gasteiger partial charge in [-0.25, -0.2) is 4.39 Å². The molecule has 1 aromatic carbocycles. The molecule has 3 rings (SSSR count). The minimum atomic E-state index is -0.623. The summed E-state index contributed by atoms with van der Waals surface area (Å²) in [6.45, 7) is 5.44. The Labute approximate surface area is 223 Å². The Balaban J connectivity index is 0.00000306. The summed E-state index contributed by atoms with van der Waals surface area (Å²) in [5.41, 5.74) is 1.45. The second-order valence-corrected chi connectivity index (χ2v) is 10.1. The molecule has 2 unspecified atom stereocenters. The molecule has 1 aliphatic heterocycles. The summed E-state index contributed by atoms with van der Waals surface area (Å²) in [6, 6.07) is 5.89. The number of hydrogen-bond acceptors (Lipinski definition) is 7. The lowest BCUT2D eigenvalue weighted by atomic mass is 9.93. The van der Waals surface area contributed by atoms with Gasteiger partial charge >= 0.3 is 5.97 Å². The van der Waals surface area contributed by atoms with Gasteiger partial charge < -0.3 is 4.74 Å². The molecule has 0 bridgehead atoms. The topological polar surface area (TPSA) is 66.9 Å². The van der Waals surface area contributed by atoms with Gasteiger partial charge in [0.1, 0.15) is 5.82 Å². The van der Waals surface area contributed by atoms with E-state index in [2.05, 4.69) is 0 Å². The van der Waals surface area contributed by atoms with Crippen LogP contribution in [-0.4, -0.2) is 71.8 Å². The zero-order valence-corrected chi connectivity index (χ0v) is 22.9. The van der Waals surface area contributed by atoms with Crippen molar-refractivity contribution >= 4 is 53.4 Å². The first-order chi connectivity index (χ1) is 15.8. The highest BCUT2D eigenvalue weighted by Gasteiger charge is 2.41. The third-order valence-electron chi connectivity index (χ3n) is 5.97. The molecule has 0 radical (unpaired) electrons. The minimum Gasteiger partial charge on any atom is -0.465 e. The number of likely N-dealkylation sites (tertiary alicyclic amines) is 1. The highest BCUT2D eigenvalue weighted by molar-refractivity contribution is 8.14. The third kappa shape index (κ3) is 9.17. The second kappa shape index (κ2) is 15.0. The number of thioether (sulfide) groups is 1. The molecule has 2 fully saturated rings. The first-order valence-corrected chi connectivity index (χ1v) is 12.4. The van der Waals surface area contributed by atoms with E-state index in [9.17, 15) is 18.8 Å². The quantitative estimate of drug-likeness (QED) is 0.315. The van der Waals surface area contributed by atoms with Crippen LogP contribution in [0.5, 0.6) is 0 Å². The van der Waals surface area contributed by atoms with Gasteiger partial charge in [-0.15, -0.1) is 24.8 Å². The van der Waals surface area contributed by atoms with Crippen LogP contribution in [-0.2, 0) is 19.1 Å². The molecule has 2 aliphatic rings. The summed E-state index contributed by atoms with van der Waals surface area (Å²) >= 11 is 1.29. The number of hydrogen-bond donors (Lipinski definition) is 0. The Hall–Kier alpha value is -1.45. The van der Waals surface area contributed by atoms with Crippen molar-refractivity contribution < 1.29 is 23.5 Å². The number of rotatable bonds is 10. The van der Waals surface area contributed by atoms with Crippen LogP contribution < -0.4 is 0 Å². The van der Waals surface area contributed by atoms with Crippen molar-refractivity contribution in [3.05, 3.63) is 47.3 Å². The average Bonchev–Trinajstić information content (AvgIpc) is 3.60. The Morgan fingerprint density at radius 2 is 1.91 bits per heavy atom. The number of benzene rings is 1. The van der Waals surface area contributed by atoms with Gasteiger partial charge in [0.2, 0.25) is 0 Å². The van der Waals surface area contributed by atoms with Crippen LogP contribution in [0.3, 0.4) is 0 Å². The lowest BCUT2D eigenvalue weighted by Crippen LogP contribution is -2.43. The maximum atomic E-state index is 14.7. The van der Waals surface area contributed by atoms with Gasteiger partial charge in [0.25, 0.3) is 0 Å². The standard InChI is InChI=1S/C25H33FN2O4S.2ClH/c1-4-32-23(30)16-27(3)13-11-19-15-28(14-12-22(19)33-17(2)29)24(25(31)18-9-10-18)20-7-5-6-8-21(20)26;;/h5-8,11,18,22,24H,4,9-10,12-16H2,1-3H3;2*1H/b19-11+;;. The fraction of sp³-hybridized carbons (Fsp3) is 0.560. The third-order valence-corrected chi connectivity index (χ3v) is 7.12. The van der Waals surface area contributed by atoms with E-state index in [-0.39, 0.29) is 65.2 Å². The number of piperidine rings is 1. The first-order valence-electron chi connectivity index (χ1n) is 11.5. The second-order valence-electron chi connectivity index (χ2n) is 8.74. The predicted molar refractivity (Wildman–Crippen MR) is 142 cm³/mol. The molecule has 1 heterocycles. The zero-order valence-electron chi connectivity index (χ0n) is 20.4. The molecule has 0 spiro atoms. The van der Waals surface area contributed by atoms with Crippen molar-refractivity contribution in [3.63, 3.8) is 0 Å². The van der Waals surface area contributed by atoms with E-state index in [1.54, 1.807) is 32.0 Å².